The Morgan fingerprint density at radius 3 is 0.632 bits per heavy atom. The molecule has 0 atom stereocenters. The van der Waals surface area contributed by atoms with Gasteiger partial charge >= 0.3 is 0 Å². The van der Waals surface area contributed by atoms with Crippen molar-refractivity contribution in [2.45, 2.75) is 0 Å². The highest BCUT2D eigenvalue weighted by atomic mass is 16.5. The fourth-order valence-electron chi connectivity index (χ4n) is 17.2. The molecule has 530 valence electrons. The van der Waals surface area contributed by atoms with Gasteiger partial charge in [0.05, 0.1) is 119 Å². The third kappa shape index (κ3) is 9.90. The molecule has 16 aromatic carbocycles. The number of hydrogen-bond acceptors (Lipinski definition) is 12. The molecule has 6 heterocycles. The highest BCUT2D eigenvalue weighted by molar-refractivity contribution is 6.18. The predicted octanol–water partition coefficient (Wildman–Crippen LogP) is 26.7. The summed E-state index contributed by atoms with van der Waals surface area (Å²) in [4.78, 5) is 9.02. The zero-order valence-electron chi connectivity index (χ0n) is 60.4. The van der Waals surface area contributed by atoms with Crippen LogP contribution in [0.25, 0.3) is 88.4 Å². The van der Waals surface area contributed by atoms with Crippen molar-refractivity contribution in [3.8, 4) is 115 Å². The van der Waals surface area contributed by atoms with Gasteiger partial charge in [0.15, 0.2) is 46.0 Å². The first-order valence-corrected chi connectivity index (χ1v) is 37.3. The number of nitriles is 4. The van der Waals surface area contributed by atoms with Gasteiger partial charge in [-0.15, -0.1) is 0 Å². The molecule has 4 aliphatic rings. The van der Waals surface area contributed by atoms with Crippen molar-refractivity contribution in [3.05, 3.63) is 362 Å². The van der Waals surface area contributed by atoms with Crippen LogP contribution in [0.5, 0.6) is 46.0 Å². The van der Waals surface area contributed by atoms with Gasteiger partial charge in [-0.25, -0.2) is 0 Å². The lowest BCUT2D eigenvalue weighted by atomic mass is 9.83. The minimum atomic E-state index is 0.310. The average Bonchev–Trinajstić information content (AvgIpc) is 1.48. The fourth-order valence-corrected chi connectivity index (χ4v) is 17.2. The molecule has 0 spiro atoms. The van der Waals surface area contributed by atoms with Gasteiger partial charge in [0.1, 0.15) is 6.07 Å². The maximum Gasteiger partial charge on any atom is 0.151 e. The Morgan fingerprint density at radius 1 is 0.211 bits per heavy atom. The molecule has 0 radical (unpaired) electrons. The molecule has 0 bridgehead atoms. The summed E-state index contributed by atoms with van der Waals surface area (Å²) >= 11 is 0. The van der Waals surface area contributed by atoms with Crippen LogP contribution < -0.4 is 38.5 Å². The number of nitrogens with zero attached hydrogens (tertiary/aromatic N) is 10. The molecule has 0 fully saturated rings. The Balaban J connectivity index is 0.916. The van der Waals surface area contributed by atoms with Crippen LogP contribution in [0.3, 0.4) is 0 Å². The molecular formula is C100H56N10O4. The monoisotopic (exact) mass is 1460 g/mol. The number of aromatic nitrogens is 2. The zero-order chi connectivity index (χ0) is 75.8. The third-order valence-corrected chi connectivity index (χ3v) is 22.1. The Morgan fingerprint density at radius 2 is 0.421 bits per heavy atom. The molecule has 0 saturated carbocycles. The Bertz CT molecular complexity index is 6450. The summed E-state index contributed by atoms with van der Waals surface area (Å²) in [7, 11) is 0. The molecule has 0 N–H and O–H groups in total. The molecule has 0 amide bonds. The Labute approximate surface area is 653 Å². The van der Waals surface area contributed by atoms with Gasteiger partial charge in [-0.3, -0.25) is 0 Å². The van der Waals surface area contributed by atoms with Gasteiger partial charge in [-0.2, -0.15) is 21.0 Å². The number of hydrogen-bond donors (Lipinski definition) is 0. The molecule has 0 unspecified atom stereocenters. The largest absolute Gasteiger partial charge is 0.453 e. The lowest BCUT2D eigenvalue weighted by Crippen LogP contribution is -2.15. The summed E-state index contributed by atoms with van der Waals surface area (Å²) in [6.45, 7) is 0. The topological polar surface area (TPSA) is 155 Å². The highest BCUT2D eigenvalue weighted by Crippen LogP contribution is 2.59. The van der Waals surface area contributed by atoms with E-state index in [1.807, 2.05) is 194 Å². The smallest absolute Gasteiger partial charge is 0.151 e. The van der Waals surface area contributed by atoms with Crippen molar-refractivity contribution < 1.29 is 18.9 Å². The van der Waals surface area contributed by atoms with Gasteiger partial charge in [0, 0.05) is 61.0 Å². The Kier molecular flexibility index (Phi) is 14.5. The number of fused-ring (bicyclic) bond motifs is 14. The quantitative estimate of drug-likeness (QED) is 0.135. The normalized spacial score (nSPS) is 12.6. The molecule has 14 nitrogen and oxygen atoms in total. The summed E-state index contributed by atoms with van der Waals surface area (Å²) in [6.07, 6.45) is 0. The standard InChI is InChI=1S/C100H56N10O4/c101-57-61-33-39-64(40-34-61)96-75(60-104)97(65-41-35-62(58-102)36-42-65)100(110-78-51-47-69(107-84-21-5-13-29-92(84)113-93-30-14-6-22-85(93)107)55-73(78)74-56-70(48-52-79(74)110)108-86-23-7-15-31-94(86)114-95-32-16-8-24-87(95)108)98(66-43-37-63(59-103)38-44-66)99(96)109-76-49-45-67(105-80-17-1-9-25-88(80)111-89-26-10-2-18-81(89)105)53-71(76)72-54-68(46-50-77(72)109)106-82-19-3-11-27-90(82)112-91-28-12-4-20-83(91)106/h1-56H. The molecule has 0 saturated heterocycles. The van der Waals surface area contributed by atoms with Crippen LogP contribution >= 0.6 is 0 Å². The number of anilines is 12. The van der Waals surface area contributed by atoms with E-state index in [-0.39, 0.29) is 0 Å². The van der Waals surface area contributed by atoms with Gasteiger partial charge in [-0.05, 0) is 223 Å². The molecule has 114 heavy (non-hydrogen) atoms. The van der Waals surface area contributed by atoms with E-state index >= 15 is 0 Å². The molecule has 22 rings (SSSR count). The van der Waals surface area contributed by atoms with E-state index in [2.05, 4.69) is 174 Å². The van der Waals surface area contributed by atoms with Crippen molar-refractivity contribution in [1.29, 1.82) is 21.0 Å². The van der Waals surface area contributed by atoms with Crippen LogP contribution in [-0.2, 0) is 0 Å². The molecule has 0 aliphatic carbocycles. The number of benzene rings is 16. The molecule has 4 aliphatic heterocycles. The summed E-state index contributed by atoms with van der Waals surface area (Å²) < 4.78 is 31.3. The molecule has 14 heteroatoms. The predicted molar refractivity (Wildman–Crippen MR) is 449 cm³/mol. The first kappa shape index (κ1) is 64.6. The van der Waals surface area contributed by atoms with Crippen molar-refractivity contribution in [2.75, 3.05) is 19.6 Å². The molecular weight excluding hydrogens is 1410 g/mol. The maximum atomic E-state index is 13.0. The van der Waals surface area contributed by atoms with E-state index in [1.54, 1.807) is 24.3 Å². The van der Waals surface area contributed by atoms with E-state index in [4.69, 9.17) is 18.9 Å². The van der Waals surface area contributed by atoms with Crippen LogP contribution in [0.2, 0.25) is 0 Å². The van der Waals surface area contributed by atoms with E-state index in [0.717, 1.165) is 112 Å². The van der Waals surface area contributed by atoms with Gasteiger partial charge in [0.25, 0.3) is 0 Å². The zero-order valence-corrected chi connectivity index (χ0v) is 60.4. The number of rotatable bonds is 9. The van der Waals surface area contributed by atoms with Crippen LogP contribution in [-0.4, -0.2) is 9.13 Å². The van der Waals surface area contributed by atoms with Crippen molar-refractivity contribution in [2.24, 2.45) is 0 Å². The highest BCUT2D eigenvalue weighted by Gasteiger charge is 2.37. The maximum absolute atomic E-state index is 13.0. The van der Waals surface area contributed by atoms with Crippen LogP contribution in [0, 0.1) is 45.3 Å². The van der Waals surface area contributed by atoms with Crippen molar-refractivity contribution >= 4 is 112 Å². The third-order valence-electron chi connectivity index (χ3n) is 22.1. The average molecular weight is 1460 g/mol. The van der Waals surface area contributed by atoms with Crippen LogP contribution in [0.1, 0.15) is 22.3 Å². The first-order valence-electron chi connectivity index (χ1n) is 37.3. The number of ether oxygens (including phenoxy) is 4. The summed E-state index contributed by atoms with van der Waals surface area (Å²) in [6, 6.07) is 124. The van der Waals surface area contributed by atoms with Crippen LogP contribution in [0.4, 0.5) is 68.2 Å². The summed E-state index contributed by atoms with van der Waals surface area (Å²) in [5.74, 6) is 5.63. The lowest BCUT2D eigenvalue weighted by molar-refractivity contribution is 0.477. The summed E-state index contributed by atoms with van der Waals surface area (Å²) in [5, 5.41) is 48.7. The second-order valence-corrected chi connectivity index (χ2v) is 28.3. The van der Waals surface area contributed by atoms with E-state index in [0.29, 0.717) is 113 Å². The van der Waals surface area contributed by atoms with Crippen molar-refractivity contribution in [3.63, 3.8) is 0 Å². The first-order chi connectivity index (χ1) is 56.4. The fraction of sp³-hybridized carbons (Fsp3) is 0. The van der Waals surface area contributed by atoms with E-state index in [9.17, 15) is 21.0 Å². The second kappa shape index (κ2) is 25.6. The van der Waals surface area contributed by atoms with Gasteiger partial charge in [-0.1, -0.05) is 133 Å². The Hall–Kier alpha value is -16.5. The van der Waals surface area contributed by atoms with Crippen molar-refractivity contribution in [1.82, 2.24) is 9.13 Å². The van der Waals surface area contributed by atoms with Crippen LogP contribution in [0.15, 0.2) is 340 Å². The lowest BCUT2D eigenvalue weighted by Gasteiger charge is -2.33. The van der Waals surface area contributed by atoms with E-state index in [1.165, 1.54) is 0 Å². The van der Waals surface area contributed by atoms with E-state index < -0.39 is 0 Å². The second-order valence-electron chi connectivity index (χ2n) is 28.3. The number of para-hydroxylation sites is 16. The minimum Gasteiger partial charge on any atom is -0.453 e. The van der Waals surface area contributed by atoms with Gasteiger partial charge in [0.2, 0.25) is 0 Å². The molecule has 2 aromatic heterocycles. The molecule has 18 aromatic rings. The SMILES string of the molecule is N#Cc1ccc(-c2c(C#N)c(-c3ccc(C#N)cc3)c(-n3c4ccc(N5c6ccccc6Oc6ccccc65)cc4c4cc(N5c6ccccc6Oc6ccccc65)ccc43)c(-c3ccc(C#N)cc3)c2-n2c3ccc(N4c5ccccc5Oc5ccccc54)cc3c3cc(N4c5ccccc5Oc5ccccc54)ccc32)cc1. The van der Waals surface area contributed by atoms with Gasteiger partial charge < -0.3 is 47.7 Å². The minimum absolute atomic E-state index is 0.310. The summed E-state index contributed by atoms with van der Waals surface area (Å²) in [5.41, 5.74) is 20.2.